The number of nitro groups is 1. The second-order valence-corrected chi connectivity index (χ2v) is 7.21. The number of rotatable bonds is 6. The van der Waals surface area contributed by atoms with E-state index < -0.39 is 16.9 Å². The van der Waals surface area contributed by atoms with E-state index in [0.717, 1.165) is 10.8 Å². The van der Waals surface area contributed by atoms with Gasteiger partial charge >= 0.3 is 0 Å². The van der Waals surface area contributed by atoms with Crippen LogP contribution in [0.3, 0.4) is 0 Å². The minimum absolute atomic E-state index is 0.0221. The SMILES string of the molecule is COc1cccc(C(=O)NC(c2cccc([N+](=O)[O-])c2)c2c(O)ccc3ccccc23)c1. The molecule has 0 aliphatic heterocycles. The number of fused-ring (bicyclic) bond motifs is 1. The highest BCUT2D eigenvalue weighted by Gasteiger charge is 2.24. The molecule has 4 aromatic rings. The van der Waals surface area contributed by atoms with Crippen molar-refractivity contribution in [2.24, 2.45) is 0 Å². The van der Waals surface area contributed by atoms with Gasteiger partial charge in [0.05, 0.1) is 18.1 Å². The lowest BCUT2D eigenvalue weighted by molar-refractivity contribution is -0.384. The van der Waals surface area contributed by atoms with E-state index in [-0.39, 0.29) is 11.4 Å². The first-order valence-electron chi connectivity index (χ1n) is 9.88. The molecule has 0 saturated carbocycles. The molecule has 7 heteroatoms. The predicted molar refractivity (Wildman–Crippen MR) is 121 cm³/mol. The Hall–Kier alpha value is -4.39. The Bertz CT molecular complexity index is 1320. The molecule has 4 rings (SSSR count). The number of methoxy groups -OCH3 is 1. The van der Waals surface area contributed by atoms with Gasteiger partial charge in [0.2, 0.25) is 0 Å². The Labute approximate surface area is 184 Å². The maximum absolute atomic E-state index is 13.2. The first-order chi connectivity index (χ1) is 15.5. The molecule has 2 N–H and O–H groups in total. The zero-order valence-electron chi connectivity index (χ0n) is 17.2. The number of nitrogens with one attached hydrogen (secondary N) is 1. The molecule has 0 spiro atoms. The fourth-order valence-corrected chi connectivity index (χ4v) is 3.71. The van der Waals surface area contributed by atoms with Crippen LogP contribution in [0.15, 0.2) is 84.9 Å². The molecule has 0 aliphatic rings. The van der Waals surface area contributed by atoms with Gasteiger partial charge in [-0.3, -0.25) is 14.9 Å². The van der Waals surface area contributed by atoms with Gasteiger partial charge in [-0.15, -0.1) is 0 Å². The number of phenolic OH excluding ortho intramolecular Hbond substituents is 1. The van der Waals surface area contributed by atoms with Crippen molar-refractivity contribution in [3.8, 4) is 11.5 Å². The summed E-state index contributed by atoms with van der Waals surface area (Å²) in [5.41, 5.74) is 1.18. The highest BCUT2D eigenvalue weighted by molar-refractivity contribution is 5.96. The number of non-ortho nitro benzene ring substituents is 1. The second-order valence-electron chi connectivity index (χ2n) is 7.21. The van der Waals surface area contributed by atoms with E-state index in [1.807, 2.05) is 24.3 Å². The summed E-state index contributed by atoms with van der Waals surface area (Å²) in [6.45, 7) is 0. The number of benzene rings is 4. The van der Waals surface area contributed by atoms with Gasteiger partial charge in [0.25, 0.3) is 11.6 Å². The van der Waals surface area contributed by atoms with Crippen LogP contribution in [0.5, 0.6) is 11.5 Å². The normalized spacial score (nSPS) is 11.7. The number of aromatic hydroxyl groups is 1. The number of amides is 1. The smallest absolute Gasteiger partial charge is 0.269 e. The second kappa shape index (κ2) is 8.77. The number of hydrogen-bond donors (Lipinski definition) is 2. The van der Waals surface area contributed by atoms with Crippen molar-refractivity contribution in [2.45, 2.75) is 6.04 Å². The van der Waals surface area contributed by atoms with Crippen LogP contribution in [-0.2, 0) is 0 Å². The van der Waals surface area contributed by atoms with E-state index in [4.69, 9.17) is 4.74 Å². The van der Waals surface area contributed by atoms with Crippen LogP contribution in [-0.4, -0.2) is 23.0 Å². The third kappa shape index (κ3) is 4.09. The molecule has 0 aromatic heterocycles. The van der Waals surface area contributed by atoms with E-state index in [0.29, 0.717) is 22.4 Å². The van der Waals surface area contributed by atoms with Gasteiger partial charge < -0.3 is 15.2 Å². The molecule has 1 atom stereocenters. The number of carbonyl (C=O) groups excluding carboxylic acids is 1. The number of hydrogen-bond acceptors (Lipinski definition) is 5. The Kier molecular flexibility index (Phi) is 5.72. The van der Waals surface area contributed by atoms with E-state index in [1.54, 1.807) is 48.5 Å². The number of nitro benzene ring substituents is 1. The van der Waals surface area contributed by atoms with Crippen LogP contribution in [0.2, 0.25) is 0 Å². The van der Waals surface area contributed by atoms with Crippen LogP contribution < -0.4 is 10.1 Å². The van der Waals surface area contributed by atoms with E-state index in [9.17, 15) is 20.0 Å². The van der Waals surface area contributed by atoms with Gasteiger partial charge in [-0.25, -0.2) is 0 Å². The van der Waals surface area contributed by atoms with Gasteiger partial charge in [-0.1, -0.05) is 48.5 Å². The maximum atomic E-state index is 13.2. The van der Waals surface area contributed by atoms with Gasteiger partial charge in [-0.2, -0.15) is 0 Å². The van der Waals surface area contributed by atoms with Gasteiger partial charge in [0, 0.05) is 23.3 Å². The molecule has 0 radical (unpaired) electrons. The average Bonchev–Trinajstić information content (AvgIpc) is 2.83. The van der Waals surface area contributed by atoms with E-state index in [1.165, 1.54) is 19.2 Å². The molecule has 32 heavy (non-hydrogen) atoms. The quantitative estimate of drug-likeness (QED) is 0.333. The highest BCUT2D eigenvalue weighted by atomic mass is 16.6. The lowest BCUT2D eigenvalue weighted by Crippen LogP contribution is -2.29. The molecular formula is C25H20N2O5. The lowest BCUT2D eigenvalue weighted by Gasteiger charge is -2.23. The Morgan fingerprint density at radius 2 is 1.78 bits per heavy atom. The number of carbonyl (C=O) groups is 1. The molecule has 1 amide bonds. The summed E-state index contributed by atoms with van der Waals surface area (Å²) in [5.74, 6) is 0.0939. The molecular weight excluding hydrogens is 408 g/mol. The Balaban J connectivity index is 1.86. The average molecular weight is 428 g/mol. The van der Waals surface area contributed by atoms with Crippen molar-refractivity contribution in [3.63, 3.8) is 0 Å². The zero-order valence-corrected chi connectivity index (χ0v) is 17.2. The number of nitrogens with zero attached hydrogens (tertiary/aromatic N) is 1. The van der Waals surface area contributed by atoms with Gasteiger partial charge in [-0.05, 0) is 40.6 Å². The zero-order chi connectivity index (χ0) is 22.7. The molecule has 160 valence electrons. The first-order valence-corrected chi connectivity index (χ1v) is 9.88. The topological polar surface area (TPSA) is 102 Å². The van der Waals surface area contributed by atoms with Crippen molar-refractivity contribution < 1.29 is 19.6 Å². The molecule has 0 bridgehead atoms. The number of phenols is 1. The summed E-state index contributed by atoms with van der Waals surface area (Å²) in [4.78, 5) is 24.0. The Morgan fingerprint density at radius 1 is 1.00 bits per heavy atom. The fourth-order valence-electron chi connectivity index (χ4n) is 3.71. The van der Waals surface area contributed by atoms with Crippen LogP contribution in [0.25, 0.3) is 10.8 Å². The minimum atomic E-state index is -0.834. The third-order valence-electron chi connectivity index (χ3n) is 5.26. The Morgan fingerprint density at radius 3 is 2.56 bits per heavy atom. The fraction of sp³-hybridized carbons (Fsp3) is 0.0800. The molecule has 0 heterocycles. The molecule has 7 nitrogen and oxygen atoms in total. The van der Waals surface area contributed by atoms with E-state index in [2.05, 4.69) is 5.32 Å². The lowest BCUT2D eigenvalue weighted by atomic mass is 9.92. The van der Waals surface area contributed by atoms with Crippen LogP contribution >= 0.6 is 0 Å². The third-order valence-corrected chi connectivity index (χ3v) is 5.26. The summed E-state index contributed by atoms with van der Waals surface area (Å²) in [6, 6.07) is 22.6. The van der Waals surface area contributed by atoms with Crippen LogP contribution in [0.1, 0.15) is 27.5 Å². The molecule has 0 saturated heterocycles. The summed E-state index contributed by atoms with van der Waals surface area (Å²) in [7, 11) is 1.51. The van der Waals surface area contributed by atoms with Gasteiger partial charge in [0.1, 0.15) is 11.5 Å². The highest BCUT2D eigenvalue weighted by Crippen LogP contribution is 2.37. The summed E-state index contributed by atoms with van der Waals surface area (Å²) in [5, 5.41) is 26.7. The largest absolute Gasteiger partial charge is 0.508 e. The predicted octanol–water partition coefficient (Wildman–Crippen LogP) is 4.98. The number of ether oxygens (including phenoxy) is 1. The van der Waals surface area contributed by atoms with Crippen LogP contribution in [0, 0.1) is 10.1 Å². The molecule has 4 aromatic carbocycles. The monoisotopic (exact) mass is 428 g/mol. The van der Waals surface area contributed by atoms with Crippen molar-refractivity contribution in [1.29, 1.82) is 0 Å². The van der Waals surface area contributed by atoms with Crippen LogP contribution in [0.4, 0.5) is 5.69 Å². The van der Waals surface area contributed by atoms with Crippen molar-refractivity contribution in [1.82, 2.24) is 5.32 Å². The summed E-state index contributed by atoms with van der Waals surface area (Å²) >= 11 is 0. The summed E-state index contributed by atoms with van der Waals surface area (Å²) in [6.07, 6.45) is 0. The molecule has 1 unspecified atom stereocenters. The minimum Gasteiger partial charge on any atom is -0.508 e. The molecule has 0 aliphatic carbocycles. The standard InChI is InChI=1S/C25H20N2O5/c1-32-20-10-5-8-18(15-20)25(29)26-24(17-7-4-9-19(14-17)27(30)31)23-21-11-3-2-6-16(21)12-13-22(23)28/h2-15,24,28H,1H3,(H,26,29). The van der Waals surface area contributed by atoms with Crippen molar-refractivity contribution in [2.75, 3.05) is 7.11 Å². The molecule has 0 fully saturated rings. The first kappa shape index (κ1) is 20.9. The summed E-state index contributed by atoms with van der Waals surface area (Å²) < 4.78 is 5.20. The van der Waals surface area contributed by atoms with E-state index >= 15 is 0 Å². The maximum Gasteiger partial charge on any atom is 0.269 e. The van der Waals surface area contributed by atoms with Gasteiger partial charge in [0.15, 0.2) is 0 Å². The van der Waals surface area contributed by atoms with Crippen molar-refractivity contribution >= 4 is 22.4 Å². The van der Waals surface area contributed by atoms with Crippen molar-refractivity contribution in [3.05, 3.63) is 112 Å².